The Morgan fingerprint density at radius 1 is 0.774 bits per heavy atom. The number of carbonyl (C=O) groups is 1. The van der Waals surface area contributed by atoms with E-state index in [1.165, 1.54) is 5.56 Å². The summed E-state index contributed by atoms with van der Waals surface area (Å²) in [4.78, 5) is 18.7. The van der Waals surface area contributed by atoms with E-state index in [1.807, 2.05) is 26.0 Å². The number of aryl methyl sites for hydroxylation is 4. The molecule has 1 heterocycles. The van der Waals surface area contributed by atoms with Crippen LogP contribution in [-0.4, -0.2) is 10.9 Å². The average Bonchev–Trinajstić information content (AvgIpc) is 2.71. The minimum absolute atomic E-state index is 0.100. The number of pyridine rings is 1. The molecule has 0 bridgehead atoms. The van der Waals surface area contributed by atoms with Crippen LogP contribution in [0, 0.1) is 41.5 Å². The first-order valence-corrected chi connectivity index (χ1v) is 10.6. The maximum Gasteiger partial charge on any atom is 0.256 e. The van der Waals surface area contributed by atoms with Gasteiger partial charge in [0.25, 0.3) is 5.91 Å². The highest BCUT2D eigenvalue weighted by Gasteiger charge is 2.21. The summed E-state index contributed by atoms with van der Waals surface area (Å²) in [6.07, 6.45) is 0. The van der Waals surface area contributed by atoms with Gasteiger partial charge in [0.2, 0.25) is 0 Å². The molecule has 0 spiro atoms. The van der Waals surface area contributed by atoms with Crippen molar-refractivity contribution in [1.82, 2.24) is 4.98 Å². The number of hydrogen-bond acceptors (Lipinski definition) is 2. The molecule has 0 aliphatic rings. The molecule has 4 aromatic rings. The van der Waals surface area contributed by atoms with Gasteiger partial charge in [-0.3, -0.25) is 4.79 Å². The van der Waals surface area contributed by atoms with Crippen LogP contribution in [0.3, 0.4) is 0 Å². The fourth-order valence-electron chi connectivity index (χ4n) is 4.17. The maximum atomic E-state index is 13.6. The van der Waals surface area contributed by atoms with E-state index in [0.717, 1.165) is 55.7 Å². The minimum Gasteiger partial charge on any atom is -0.322 e. The van der Waals surface area contributed by atoms with Crippen LogP contribution < -0.4 is 5.32 Å². The SMILES string of the molecule is Cc1ccc(-c2nc3c(C)cc(C)cc3c(C(=O)Nc3cccc(C)c3C)c2C)cc1. The average molecular weight is 409 g/mol. The van der Waals surface area contributed by atoms with E-state index in [2.05, 4.69) is 75.5 Å². The fourth-order valence-corrected chi connectivity index (χ4v) is 4.17. The molecule has 1 aromatic heterocycles. The summed E-state index contributed by atoms with van der Waals surface area (Å²) in [7, 11) is 0. The smallest absolute Gasteiger partial charge is 0.256 e. The maximum absolute atomic E-state index is 13.6. The summed E-state index contributed by atoms with van der Waals surface area (Å²) in [5.41, 5.74) is 10.8. The van der Waals surface area contributed by atoms with Gasteiger partial charge in [0, 0.05) is 16.6 Å². The molecule has 1 N–H and O–H groups in total. The van der Waals surface area contributed by atoms with Crippen molar-refractivity contribution in [2.75, 3.05) is 5.32 Å². The Morgan fingerprint density at radius 2 is 1.48 bits per heavy atom. The van der Waals surface area contributed by atoms with Gasteiger partial charge < -0.3 is 5.32 Å². The molecule has 3 heteroatoms. The van der Waals surface area contributed by atoms with Crippen molar-refractivity contribution in [3.05, 3.63) is 93.5 Å². The van der Waals surface area contributed by atoms with Crippen molar-refractivity contribution < 1.29 is 4.79 Å². The summed E-state index contributed by atoms with van der Waals surface area (Å²) in [6.45, 7) is 12.3. The first-order valence-electron chi connectivity index (χ1n) is 10.6. The predicted octanol–water partition coefficient (Wildman–Crippen LogP) is 7.00. The van der Waals surface area contributed by atoms with E-state index in [4.69, 9.17) is 4.98 Å². The van der Waals surface area contributed by atoms with Gasteiger partial charge in [-0.15, -0.1) is 0 Å². The first kappa shape index (κ1) is 20.8. The standard InChI is InChI=1S/C28H28N2O/c1-16-10-12-22(13-11-16)27-21(6)25(23-15-17(2)14-19(4)26(23)30-27)28(31)29-24-9-7-8-18(3)20(24)5/h7-15H,1-6H3,(H,29,31). The summed E-state index contributed by atoms with van der Waals surface area (Å²) in [5.74, 6) is -0.100. The van der Waals surface area contributed by atoms with Crippen LogP contribution in [-0.2, 0) is 0 Å². The molecule has 0 aliphatic heterocycles. The second kappa shape index (κ2) is 7.99. The van der Waals surface area contributed by atoms with Gasteiger partial charge in [-0.05, 0) is 75.9 Å². The number of aromatic nitrogens is 1. The number of amides is 1. The number of benzene rings is 3. The highest BCUT2D eigenvalue weighted by atomic mass is 16.1. The molecular weight excluding hydrogens is 380 g/mol. The molecule has 0 saturated heterocycles. The zero-order chi connectivity index (χ0) is 22.3. The van der Waals surface area contributed by atoms with Gasteiger partial charge in [0.1, 0.15) is 0 Å². The van der Waals surface area contributed by atoms with Gasteiger partial charge in [0.15, 0.2) is 0 Å². The highest BCUT2D eigenvalue weighted by molar-refractivity contribution is 6.15. The summed E-state index contributed by atoms with van der Waals surface area (Å²) < 4.78 is 0. The molecule has 3 aromatic carbocycles. The van der Waals surface area contributed by atoms with Crippen LogP contribution in [0.5, 0.6) is 0 Å². The summed E-state index contributed by atoms with van der Waals surface area (Å²) in [6, 6.07) is 18.5. The van der Waals surface area contributed by atoms with E-state index in [9.17, 15) is 4.79 Å². The number of nitrogens with one attached hydrogen (secondary N) is 1. The normalized spacial score (nSPS) is 11.0. The molecule has 0 fully saturated rings. The molecule has 0 aliphatic carbocycles. The van der Waals surface area contributed by atoms with E-state index in [0.29, 0.717) is 5.56 Å². The number of carbonyl (C=O) groups excluding carboxylic acids is 1. The predicted molar refractivity (Wildman–Crippen MR) is 130 cm³/mol. The van der Waals surface area contributed by atoms with Crippen LogP contribution >= 0.6 is 0 Å². The topological polar surface area (TPSA) is 42.0 Å². The lowest BCUT2D eigenvalue weighted by molar-refractivity contribution is 0.102. The number of rotatable bonds is 3. The largest absolute Gasteiger partial charge is 0.322 e. The Morgan fingerprint density at radius 3 is 2.19 bits per heavy atom. The molecule has 0 unspecified atom stereocenters. The molecule has 3 nitrogen and oxygen atoms in total. The lowest BCUT2D eigenvalue weighted by Gasteiger charge is -2.17. The molecule has 0 saturated carbocycles. The van der Waals surface area contributed by atoms with Gasteiger partial charge in [-0.25, -0.2) is 4.98 Å². The number of nitrogens with zero attached hydrogens (tertiary/aromatic N) is 1. The Hall–Kier alpha value is -3.46. The zero-order valence-corrected chi connectivity index (χ0v) is 19.1. The molecule has 0 radical (unpaired) electrons. The van der Waals surface area contributed by atoms with Crippen molar-refractivity contribution >= 4 is 22.5 Å². The Bertz CT molecular complexity index is 1320. The van der Waals surface area contributed by atoms with Gasteiger partial charge in [0.05, 0.1) is 16.8 Å². The van der Waals surface area contributed by atoms with Gasteiger partial charge >= 0.3 is 0 Å². The van der Waals surface area contributed by atoms with Crippen LogP contribution in [0.25, 0.3) is 22.2 Å². The third-order valence-electron chi connectivity index (χ3n) is 6.07. The molecule has 1 amide bonds. The van der Waals surface area contributed by atoms with E-state index in [-0.39, 0.29) is 5.91 Å². The Labute approximate surface area is 184 Å². The van der Waals surface area contributed by atoms with E-state index in [1.54, 1.807) is 0 Å². The number of fused-ring (bicyclic) bond motifs is 1. The second-order valence-electron chi connectivity index (χ2n) is 8.51. The van der Waals surface area contributed by atoms with Gasteiger partial charge in [-0.1, -0.05) is 53.6 Å². The van der Waals surface area contributed by atoms with E-state index >= 15 is 0 Å². The molecular formula is C28H28N2O. The molecule has 156 valence electrons. The molecule has 31 heavy (non-hydrogen) atoms. The Kier molecular flexibility index (Phi) is 5.36. The first-order chi connectivity index (χ1) is 14.8. The number of hydrogen-bond donors (Lipinski definition) is 1. The van der Waals surface area contributed by atoms with Crippen LogP contribution in [0.2, 0.25) is 0 Å². The van der Waals surface area contributed by atoms with Crippen molar-refractivity contribution in [1.29, 1.82) is 0 Å². The van der Waals surface area contributed by atoms with Crippen LogP contribution in [0.4, 0.5) is 5.69 Å². The third-order valence-corrected chi connectivity index (χ3v) is 6.07. The van der Waals surface area contributed by atoms with Crippen LogP contribution in [0.15, 0.2) is 54.6 Å². The quantitative estimate of drug-likeness (QED) is 0.396. The monoisotopic (exact) mass is 408 g/mol. The van der Waals surface area contributed by atoms with Crippen molar-refractivity contribution in [2.45, 2.75) is 41.5 Å². The van der Waals surface area contributed by atoms with Gasteiger partial charge in [-0.2, -0.15) is 0 Å². The lowest BCUT2D eigenvalue weighted by Crippen LogP contribution is -2.16. The summed E-state index contributed by atoms with van der Waals surface area (Å²) in [5, 5.41) is 4.06. The Balaban J connectivity index is 1.95. The fraction of sp³-hybridized carbons (Fsp3) is 0.214. The number of anilines is 1. The lowest BCUT2D eigenvalue weighted by atomic mass is 9.94. The van der Waals surface area contributed by atoms with Crippen molar-refractivity contribution in [3.8, 4) is 11.3 Å². The van der Waals surface area contributed by atoms with Crippen LogP contribution in [0.1, 0.15) is 43.7 Å². The third kappa shape index (κ3) is 3.84. The molecule has 0 atom stereocenters. The van der Waals surface area contributed by atoms with Crippen molar-refractivity contribution in [3.63, 3.8) is 0 Å². The minimum atomic E-state index is -0.100. The zero-order valence-electron chi connectivity index (χ0n) is 19.1. The molecule has 4 rings (SSSR count). The summed E-state index contributed by atoms with van der Waals surface area (Å²) >= 11 is 0. The van der Waals surface area contributed by atoms with E-state index < -0.39 is 0 Å². The van der Waals surface area contributed by atoms with Crippen molar-refractivity contribution in [2.24, 2.45) is 0 Å². The second-order valence-corrected chi connectivity index (χ2v) is 8.51. The highest BCUT2D eigenvalue weighted by Crippen LogP contribution is 2.33.